The molecule has 10 heteroatoms. The summed E-state index contributed by atoms with van der Waals surface area (Å²) in [6, 6.07) is 24.5. The van der Waals surface area contributed by atoms with Gasteiger partial charge in [-0.3, -0.25) is 9.59 Å². The van der Waals surface area contributed by atoms with Gasteiger partial charge in [0.25, 0.3) is 0 Å². The number of carbonyl (C=O) groups is 2. The molecule has 0 fully saturated rings. The first-order chi connectivity index (χ1) is 26.3. The quantitative estimate of drug-likeness (QED) is 0.112. The number of fused-ring (bicyclic) bond motifs is 4. The maximum Gasteiger partial charge on any atom is 0.310 e. The van der Waals surface area contributed by atoms with Gasteiger partial charge in [-0.2, -0.15) is 0 Å². The third kappa shape index (κ3) is 10.7. The summed E-state index contributed by atoms with van der Waals surface area (Å²) in [6.07, 6.45) is 6.45. The maximum atomic E-state index is 11.5. The van der Waals surface area contributed by atoms with Gasteiger partial charge in [-0.15, -0.1) is 24.0 Å². The molecule has 2 heterocycles. The van der Waals surface area contributed by atoms with Gasteiger partial charge in [-0.25, -0.2) is 0 Å². The molecule has 0 spiro atoms. The van der Waals surface area contributed by atoms with Gasteiger partial charge in [0, 0.05) is 53.1 Å². The standard InChI is InChI=1S/C21H22O4.C21H20O4.2C2H6.HI.V/c2*1-13-4-3-5-18-16(13)8-9-19(18)25-15-6-7-17-14(10-21(22)23-2)12-24-20(17)11-15;2*1-2;;/h3-7,11,14,19H,8-10,12H2,1-2H3;3-7,11-12,19H,8-10H2,1-2H3;2*1-2H3;1H;/t14-,19-;19-;;;;/m11..../s1. The fraction of sp³-hybridized carbons (Fsp3) is 0.391. The van der Waals surface area contributed by atoms with Crippen LogP contribution in [-0.2, 0) is 56.9 Å². The maximum absolute atomic E-state index is 11.5. The Kier molecular flexibility index (Phi) is 18.4. The Labute approximate surface area is 360 Å². The molecule has 0 amide bonds. The monoisotopic (exact) mass is 913 g/mol. The second-order valence-electron chi connectivity index (χ2n) is 13.2. The molecular formula is C46H55IO8V. The molecule has 0 unspecified atom stereocenters. The Morgan fingerprint density at radius 3 is 1.84 bits per heavy atom. The van der Waals surface area contributed by atoms with E-state index in [4.69, 9.17) is 28.1 Å². The molecule has 1 aliphatic heterocycles. The summed E-state index contributed by atoms with van der Waals surface area (Å²) in [7, 11) is 2.80. The smallest absolute Gasteiger partial charge is 0.310 e. The van der Waals surface area contributed by atoms with Gasteiger partial charge < -0.3 is 28.1 Å². The van der Waals surface area contributed by atoms with Crippen LogP contribution in [0.5, 0.6) is 17.2 Å². The number of furan rings is 1. The minimum Gasteiger partial charge on any atom is -0.492 e. The van der Waals surface area contributed by atoms with Crippen LogP contribution in [-0.4, -0.2) is 32.8 Å². The van der Waals surface area contributed by atoms with Gasteiger partial charge in [0.05, 0.1) is 39.9 Å². The minimum absolute atomic E-state index is 0. The van der Waals surface area contributed by atoms with Crippen molar-refractivity contribution in [1.29, 1.82) is 0 Å². The summed E-state index contributed by atoms with van der Waals surface area (Å²) < 4.78 is 33.3. The van der Waals surface area contributed by atoms with E-state index in [0.717, 1.165) is 65.0 Å². The zero-order valence-corrected chi connectivity index (χ0v) is 37.5. The Morgan fingerprint density at radius 1 is 0.714 bits per heavy atom. The number of ether oxygens (including phenoxy) is 5. The second-order valence-corrected chi connectivity index (χ2v) is 13.2. The van der Waals surface area contributed by atoms with Crippen LogP contribution in [0.25, 0.3) is 11.0 Å². The van der Waals surface area contributed by atoms with E-state index < -0.39 is 0 Å². The van der Waals surface area contributed by atoms with Crippen LogP contribution in [0, 0.1) is 13.8 Å². The first kappa shape index (κ1) is 46.5. The van der Waals surface area contributed by atoms with Crippen LogP contribution in [0.3, 0.4) is 0 Å². The molecule has 1 aromatic heterocycles. The predicted molar refractivity (Wildman–Crippen MR) is 227 cm³/mol. The fourth-order valence-corrected chi connectivity index (χ4v) is 7.46. The van der Waals surface area contributed by atoms with Crippen LogP contribution in [0.4, 0.5) is 0 Å². The van der Waals surface area contributed by atoms with E-state index in [9.17, 15) is 9.59 Å². The van der Waals surface area contributed by atoms with E-state index in [0.29, 0.717) is 13.0 Å². The van der Waals surface area contributed by atoms with Gasteiger partial charge >= 0.3 is 11.9 Å². The topological polar surface area (TPSA) is 93.4 Å². The van der Waals surface area contributed by atoms with E-state index in [1.54, 1.807) is 6.26 Å². The van der Waals surface area contributed by atoms with Crippen molar-refractivity contribution >= 4 is 46.9 Å². The van der Waals surface area contributed by atoms with Crippen LogP contribution < -0.4 is 14.2 Å². The summed E-state index contributed by atoms with van der Waals surface area (Å²) >= 11 is 0. The van der Waals surface area contributed by atoms with Gasteiger partial charge in [0.2, 0.25) is 0 Å². The van der Waals surface area contributed by atoms with Gasteiger partial charge in [-0.1, -0.05) is 70.2 Å². The fourth-order valence-electron chi connectivity index (χ4n) is 7.46. The Balaban J connectivity index is 0.000000267. The Bertz CT molecular complexity index is 2060. The Morgan fingerprint density at radius 2 is 1.27 bits per heavy atom. The van der Waals surface area contributed by atoms with E-state index in [-0.39, 0.29) is 79.0 Å². The van der Waals surface area contributed by atoms with E-state index in [1.807, 2.05) is 64.1 Å². The molecule has 56 heavy (non-hydrogen) atoms. The first-order valence-electron chi connectivity index (χ1n) is 19.2. The zero-order valence-electron chi connectivity index (χ0n) is 33.8. The number of halogens is 1. The van der Waals surface area contributed by atoms with Crippen molar-refractivity contribution in [3.8, 4) is 17.2 Å². The van der Waals surface area contributed by atoms with Crippen molar-refractivity contribution in [2.24, 2.45) is 0 Å². The number of carbonyl (C=O) groups excluding carboxylic acids is 2. The second kappa shape index (κ2) is 22.1. The van der Waals surface area contributed by atoms with Gasteiger partial charge in [0.15, 0.2) is 0 Å². The largest absolute Gasteiger partial charge is 0.492 e. The number of hydrogen-bond donors (Lipinski definition) is 0. The molecule has 4 aromatic carbocycles. The van der Waals surface area contributed by atoms with Crippen molar-refractivity contribution in [2.75, 3.05) is 20.8 Å². The molecule has 0 saturated carbocycles. The third-order valence-electron chi connectivity index (χ3n) is 10.2. The summed E-state index contributed by atoms with van der Waals surface area (Å²) in [5.41, 5.74) is 10.7. The summed E-state index contributed by atoms with van der Waals surface area (Å²) in [5.74, 6) is 1.99. The molecule has 2 aliphatic carbocycles. The number of benzene rings is 4. The molecule has 3 aliphatic rings. The Hall–Kier alpha value is -3.93. The van der Waals surface area contributed by atoms with Crippen molar-refractivity contribution in [2.45, 2.75) is 98.2 Å². The molecule has 0 saturated heterocycles. The molecule has 299 valence electrons. The number of esters is 2. The van der Waals surface area contributed by atoms with Crippen molar-refractivity contribution in [3.63, 3.8) is 0 Å². The summed E-state index contributed by atoms with van der Waals surface area (Å²) in [6.45, 7) is 12.8. The third-order valence-corrected chi connectivity index (χ3v) is 10.2. The van der Waals surface area contributed by atoms with Gasteiger partial charge in [-0.05, 0) is 91.1 Å². The van der Waals surface area contributed by atoms with E-state index >= 15 is 0 Å². The first-order valence-corrected chi connectivity index (χ1v) is 19.2. The predicted octanol–water partition coefficient (Wildman–Crippen LogP) is 11.3. The number of aryl methyl sites for hydroxylation is 2. The van der Waals surface area contributed by atoms with Crippen molar-refractivity contribution < 1.29 is 56.2 Å². The van der Waals surface area contributed by atoms with Crippen LogP contribution >= 0.6 is 24.0 Å². The molecule has 0 N–H and O–H groups in total. The average Bonchev–Trinajstić information content (AvgIpc) is 4.00. The summed E-state index contributed by atoms with van der Waals surface area (Å²) in [5, 5.41) is 0.917. The van der Waals surface area contributed by atoms with Crippen molar-refractivity contribution in [3.05, 3.63) is 124 Å². The minimum atomic E-state index is -0.277. The van der Waals surface area contributed by atoms with Crippen LogP contribution in [0.1, 0.15) is 110 Å². The summed E-state index contributed by atoms with van der Waals surface area (Å²) in [4.78, 5) is 23.0. The molecule has 1 radical (unpaired) electrons. The van der Waals surface area contributed by atoms with E-state index in [2.05, 4.69) is 50.2 Å². The number of methoxy groups -OCH3 is 2. The SMILES string of the molecule is CC.CC.COC(=O)C[C@@H]1COc2cc(O[C@@H]3CCc4c(C)cccc43)ccc21.COC(=O)Cc1coc2cc(O[C@@H]3CCc4c(C)cccc43)ccc12.I.[V]. The zero-order chi connectivity index (χ0) is 38.8. The normalized spacial score (nSPS) is 16.5. The average molecular weight is 914 g/mol. The van der Waals surface area contributed by atoms with Crippen LogP contribution in [0.2, 0.25) is 0 Å². The van der Waals surface area contributed by atoms with E-state index in [1.165, 1.54) is 47.6 Å². The van der Waals surface area contributed by atoms with Gasteiger partial charge in [0.1, 0.15) is 35.0 Å². The molecule has 0 bridgehead atoms. The molecule has 5 aromatic rings. The number of rotatable bonds is 8. The molecule has 8 rings (SSSR count). The van der Waals surface area contributed by atoms with Crippen molar-refractivity contribution in [1.82, 2.24) is 0 Å². The van der Waals surface area contributed by atoms with Crippen LogP contribution in [0.15, 0.2) is 83.5 Å². The molecular weight excluding hydrogens is 858 g/mol. The molecule has 8 nitrogen and oxygen atoms in total. The molecule has 3 atom stereocenters. The number of hydrogen-bond acceptors (Lipinski definition) is 8.